The molecule has 0 saturated carbocycles. The minimum Gasteiger partial charge on any atom is -0.493 e. The lowest BCUT2D eigenvalue weighted by atomic mass is 10.2. The highest BCUT2D eigenvalue weighted by atomic mass is 32.2. The molecule has 0 atom stereocenters. The second-order valence-electron chi connectivity index (χ2n) is 5.96. The fraction of sp³-hybridized carbons (Fsp3) is 0.238. The number of para-hydroxylation sites is 1. The van der Waals surface area contributed by atoms with E-state index in [-0.39, 0.29) is 5.91 Å². The molecular formula is C21H22N2O3S. The summed E-state index contributed by atoms with van der Waals surface area (Å²) in [6.07, 6.45) is 1.86. The summed E-state index contributed by atoms with van der Waals surface area (Å²) in [6.45, 7) is 4.53. The molecule has 1 fully saturated rings. The molecule has 1 aliphatic heterocycles. The van der Waals surface area contributed by atoms with Crippen LogP contribution >= 0.6 is 11.8 Å². The van der Waals surface area contributed by atoms with E-state index in [0.29, 0.717) is 28.1 Å². The van der Waals surface area contributed by atoms with Crippen LogP contribution in [0.5, 0.6) is 11.5 Å². The van der Waals surface area contributed by atoms with Crippen molar-refractivity contribution in [1.82, 2.24) is 4.90 Å². The van der Waals surface area contributed by atoms with Crippen LogP contribution in [0.3, 0.4) is 0 Å². The van der Waals surface area contributed by atoms with E-state index in [1.54, 1.807) is 19.1 Å². The average molecular weight is 382 g/mol. The number of methoxy groups -OCH3 is 2. The average Bonchev–Trinajstić information content (AvgIpc) is 2.97. The van der Waals surface area contributed by atoms with Gasteiger partial charge in [-0.05, 0) is 61.0 Å². The number of aliphatic imine (C=N–C) groups is 1. The van der Waals surface area contributed by atoms with Gasteiger partial charge in [-0.25, -0.2) is 4.99 Å². The summed E-state index contributed by atoms with van der Waals surface area (Å²) in [5.74, 6) is 1.25. The molecule has 2 aromatic carbocycles. The Kier molecular flexibility index (Phi) is 5.86. The molecule has 3 rings (SSSR count). The Balaban J connectivity index is 1.95. The number of hydrogen-bond donors (Lipinski definition) is 0. The summed E-state index contributed by atoms with van der Waals surface area (Å²) in [7, 11) is 3.19. The van der Waals surface area contributed by atoms with Crippen molar-refractivity contribution in [1.29, 1.82) is 0 Å². The second-order valence-corrected chi connectivity index (χ2v) is 6.96. The number of aryl methyl sites for hydroxylation is 1. The van der Waals surface area contributed by atoms with Crippen molar-refractivity contribution in [3.05, 3.63) is 58.5 Å². The van der Waals surface area contributed by atoms with Crippen molar-refractivity contribution < 1.29 is 14.3 Å². The SMILES string of the molecule is CCN1C(=O)/C(=C\c2ccc(OC)c(OC)c2)SC1=Nc1ccccc1C. The van der Waals surface area contributed by atoms with E-state index in [4.69, 9.17) is 14.5 Å². The Morgan fingerprint density at radius 2 is 1.85 bits per heavy atom. The Morgan fingerprint density at radius 1 is 1.11 bits per heavy atom. The van der Waals surface area contributed by atoms with E-state index in [1.165, 1.54) is 11.8 Å². The molecule has 0 aliphatic carbocycles. The summed E-state index contributed by atoms with van der Waals surface area (Å²) < 4.78 is 10.6. The summed E-state index contributed by atoms with van der Waals surface area (Å²) in [5, 5.41) is 0.698. The van der Waals surface area contributed by atoms with Gasteiger partial charge in [0.25, 0.3) is 5.91 Å². The minimum atomic E-state index is -0.0374. The molecule has 6 heteroatoms. The molecule has 1 heterocycles. The quantitative estimate of drug-likeness (QED) is 0.707. The predicted octanol–water partition coefficient (Wildman–Crippen LogP) is 4.64. The van der Waals surface area contributed by atoms with Crippen molar-refractivity contribution in [3.8, 4) is 11.5 Å². The first-order chi connectivity index (χ1) is 13.1. The Labute approximate surface area is 163 Å². The fourth-order valence-electron chi connectivity index (χ4n) is 2.76. The predicted molar refractivity (Wildman–Crippen MR) is 111 cm³/mol. The highest BCUT2D eigenvalue weighted by Gasteiger charge is 2.32. The number of benzene rings is 2. The van der Waals surface area contributed by atoms with Gasteiger partial charge in [-0.1, -0.05) is 24.3 Å². The fourth-order valence-corrected chi connectivity index (χ4v) is 3.81. The van der Waals surface area contributed by atoms with Gasteiger partial charge in [0, 0.05) is 6.54 Å². The largest absolute Gasteiger partial charge is 0.493 e. The maximum absolute atomic E-state index is 12.8. The lowest BCUT2D eigenvalue weighted by Gasteiger charge is -2.12. The molecule has 0 spiro atoms. The summed E-state index contributed by atoms with van der Waals surface area (Å²) in [6, 6.07) is 13.5. The number of amidine groups is 1. The zero-order valence-electron chi connectivity index (χ0n) is 15.9. The standard InChI is InChI=1S/C21H22N2O3S/c1-5-23-20(24)19(13-15-10-11-17(25-3)18(12-15)26-4)27-21(23)22-16-9-7-6-8-14(16)2/h6-13H,5H2,1-4H3/b19-13+,22-21?. The number of ether oxygens (including phenoxy) is 2. The molecule has 0 bridgehead atoms. The molecule has 140 valence electrons. The number of rotatable bonds is 5. The number of thioether (sulfide) groups is 1. The molecular weight excluding hydrogens is 360 g/mol. The third-order valence-corrected chi connectivity index (χ3v) is 5.25. The van der Waals surface area contributed by atoms with Crippen LogP contribution in [0.2, 0.25) is 0 Å². The molecule has 0 aromatic heterocycles. The maximum Gasteiger partial charge on any atom is 0.266 e. The molecule has 0 radical (unpaired) electrons. The van der Waals surface area contributed by atoms with Crippen LogP contribution in [-0.4, -0.2) is 36.7 Å². The van der Waals surface area contributed by atoms with Gasteiger partial charge in [-0.2, -0.15) is 0 Å². The second kappa shape index (κ2) is 8.31. The van der Waals surface area contributed by atoms with Crippen LogP contribution in [0.25, 0.3) is 6.08 Å². The zero-order valence-corrected chi connectivity index (χ0v) is 16.7. The van der Waals surface area contributed by atoms with Crippen molar-refractivity contribution in [2.45, 2.75) is 13.8 Å². The number of hydrogen-bond acceptors (Lipinski definition) is 5. The molecule has 1 amide bonds. The molecule has 5 nitrogen and oxygen atoms in total. The van der Waals surface area contributed by atoms with Gasteiger partial charge in [0.1, 0.15) is 0 Å². The van der Waals surface area contributed by atoms with E-state index in [9.17, 15) is 4.79 Å². The third kappa shape index (κ3) is 4.01. The van der Waals surface area contributed by atoms with Crippen LogP contribution in [0, 0.1) is 6.92 Å². The maximum atomic E-state index is 12.8. The molecule has 1 aliphatic rings. The number of amides is 1. The van der Waals surface area contributed by atoms with Crippen LogP contribution in [0.15, 0.2) is 52.4 Å². The molecule has 2 aromatic rings. The van der Waals surface area contributed by atoms with Gasteiger partial charge in [-0.15, -0.1) is 0 Å². The topological polar surface area (TPSA) is 51.1 Å². The monoisotopic (exact) mass is 382 g/mol. The van der Waals surface area contributed by atoms with Crippen LogP contribution in [0.1, 0.15) is 18.1 Å². The van der Waals surface area contributed by atoms with Crippen LogP contribution in [0.4, 0.5) is 5.69 Å². The van der Waals surface area contributed by atoms with E-state index in [2.05, 4.69) is 0 Å². The van der Waals surface area contributed by atoms with Crippen LogP contribution in [-0.2, 0) is 4.79 Å². The first-order valence-corrected chi connectivity index (χ1v) is 9.46. The third-order valence-electron chi connectivity index (χ3n) is 4.24. The molecule has 0 N–H and O–H groups in total. The van der Waals surface area contributed by atoms with E-state index >= 15 is 0 Å². The summed E-state index contributed by atoms with van der Waals surface area (Å²) >= 11 is 1.39. The molecule has 0 unspecified atom stereocenters. The summed E-state index contributed by atoms with van der Waals surface area (Å²) in [4.78, 5) is 19.9. The molecule has 27 heavy (non-hydrogen) atoms. The highest BCUT2D eigenvalue weighted by Crippen LogP contribution is 2.36. The molecule has 1 saturated heterocycles. The zero-order chi connectivity index (χ0) is 19.4. The van der Waals surface area contributed by atoms with Crippen LogP contribution < -0.4 is 9.47 Å². The Bertz CT molecular complexity index is 921. The Morgan fingerprint density at radius 3 is 2.52 bits per heavy atom. The highest BCUT2D eigenvalue weighted by molar-refractivity contribution is 8.18. The van der Waals surface area contributed by atoms with Gasteiger partial charge >= 0.3 is 0 Å². The van der Waals surface area contributed by atoms with Crippen molar-refractivity contribution in [2.24, 2.45) is 4.99 Å². The Hall–Kier alpha value is -2.73. The van der Waals surface area contributed by atoms with E-state index in [0.717, 1.165) is 16.8 Å². The lowest BCUT2D eigenvalue weighted by molar-refractivity contribution is -0.122. The normalized spacial score (nSPS) is 17.0. The van der Waals surface area contributed by atoms with Gasteiger partial charge < -0.3 is 9.47 Å². The number of carbonyl (C=O) groups is 1. The van der Waals surface area contributed by atoms with Crippen molar-refractivity contribution >= 4 is 34.6 Å². The van der Waals surface area contributed by atoms with Gasteiger partial charge in [0.15, 0.2) is 16.7 Å². The minimum absolute atomic E-state index is 0.0374. The summed E-state index contributed by atoms with van der Waals surface area (Å²) in [5.41, 5.74) is 2.82. The van der Waals surface area contributed by atoms with Crippen molar-refractivity contribution in [2.75, 3.05) is 20.8 Å². The number of nitrogens with zero attached hydrogens (tertiary/aromatic N) is 2. The lowest BCUT2D eigenvalue weighted by Crippen LogP contribution is -2.28. The first kappa shape index (κ1) is 19.0. The van der Waals surface area contributed by atoms with Crippen molar-refractivity contribution in [3.63, 3.8) is 0 Å². The first-order valence-electron chi connectivity index (χ1n) is 8.65. The number of carbonyl (C=O) groups excluding carboxylic acids is 1. The van der Waals surface area contributed by atoms with E-state index < -0.39 is 0 Å². The smallest absolute Gasteiger partial charge is 0.266 e. The van der Waals surface area contributed by atoms with Gasteiger partial charge in [-0.3, -0.25) is 9.69 Å². The van der Waals surface area contributed by atoms with E-state index in [1.807, 2.05) is 62.4 Å². The van der Waals surface area contributed by atoms with Gasteiger partial charge in [0.2, 0.25) is 0 Å². The van der Waals surface area contributed by atoms with Gasteiger partial charge in [0.05, 0.1) is 24.8 Å². The number of likely N-dealkylation sites (N-methyl/N-ethyl adjacent to an activating group) is 1.